The first-order valence-corrected chi connectivity index (χ1v) is 11.1. The molecule has 0 bridgehead atoms. The van der Waals surface area contributed by atoms with Crippen molar-refractivity contribution in [2.75, 3.05) is 46.4 Å². The largest absolute Gasteiger partial charge is 0.493 e. The van der Waals surface area contributed by atoms with E-state index in [9.17, 15) is 5.11 Å². The van der Waals surface area contributed by atoms with Gasteiger partial charge in [-0.25, -0.2) is 0 Å². The monoisotopic (exact) mass is 436 g/mol. The second-order valence-corrected chi connectivity index (χ2v) is 8.96. The quantitative estimate of drug-likeness (QED) is 0.643. The van der Waals surface area contributed by atoms with Crippen LogP contribution in [-0.4, -0.2) is 67.5 Å². The van der Waals surface area contributed by atoms with Crippen molar-refractivity contribution in [1.82, 2.24) is 9.80 Å². The minimum absolute atomic E-state index is 0.243. The molecule has 29 heavy (non-hydrogen) atoms. The molecule has 3 rings (SSSR count). The Kier molecular flexibility index (Phi) is 8.39. The summed E-state index contributed by atoms with van der Waals surface area (Å²) in [6, 6.07) is 9.85. The van der Waals surface area contributed by atoms with E-state index in [0.717, 1.165) is 42.6 Å². The molecule has 1 fully saturated rings. The highest BCUT2D eigenvalue weighted by molar-refractivity contribution is 7.16. The molecule has 1 aromatic heterocycles. The van der Waals surface area contributed by atoms with Crippen LogP contribution in [0.4, 0.5) is 0 Å². The van der Waals surface area contributed by atoms with Crippen molar-refractivity contribution >= 4 is 29.0 Å². The molecule has 5 nitrogen and oxygen atoms in total. The minimum atomic E-state index is -0.544. The van der Waals surface area contributed by atoms with Crippen molar-refractivity contribution in [1.29, 1.82) is 0 Å². The van der Waals surface area contributed by atoms with E-state index in [1.54, 1.807) is 18.4 Å². The summed E-state index contributed by atoms with van der Waals surface area (Å²) < 4.78 is 12.1. The van der Waals surface area contributed by atoms with Gasteiger partial charge in [-0.05, 0) is 36.8 Å². The lowest BCUT2D eigenvalue weighted by Gasteiger charge is -2.35. The van der Waals surface area contributed by atoms with Crippen molar-refractivity contribution in [3.05, 3.63) is 51.2 Å². The number of rotatable bonds is 9. The average Bonchev–Trinajstić information content (AvgIpc) is 3.13. The Bertz CT molecular complexity index is 803. The number of benzene rings is 1. The van der Waals surface area contributed by atoms with Gasteiger partial charge in [-0.15, -0.1) is 11.3 Å². The molecule has 0 saturated carbocycles. The van der Waals surface area contributed by atoms with Gasteiger partial charge in [-0.3, -0.25) is 9.80 Å². The highest BCUT2D eigenvalue weighted by Crippen LogP contribution is 2.29. The number of piperazine rings is 1. The van der Waals surface area contributed by atoms with Crippen LogP contribution in [0.3, 0.4) is 0 Å². The lowest BCUT2D eigenvalue weighted by Crippen LogP contribution is -2.48. The number of aliphatic hydroxyl groups is 1. The van der Waals surface area contributed by atoms with Gasteiger partial charge in [0.2, 0.25) is 0 Å². The molecule has 1 aliphatic heterocycles. The van der Waals surface area contributed by atoms with Crippen LogP contribution in [0.1, 0.15) is 17.4 Å². The Morgan fingerprint density at radius 1 is 1.14 bits per heavy atom. The predicted molar refractivity (Wildman–Crippen MR) is 120 cm³/mol. The topological polar surface area (TPSA) is 45.2 Å². The molecule has 2 aromatic rings. The van der Waals surface area contributed by atoms with E-state index >= 15 is 0 Å². The van der Waals surface area contributed by atoms with Crippen molar-refractivity contribution in [2.45, 2.75) is 19.6 Å². The Hall–Kier alpha value is -1.57. The molecule has 0 amide bonds. The van der Waals surface area contributed by atoms with Crippen LogP contribution in [0.15, 0.2) is 36.4 Å². The van der Waals surface area contributed by atoms with Gasteiger partial charge in [0.15, 0.2) is 11.5 Å². The van der Waals surface area contributed by atoms with E-state index in [1.807, 2.05) is 43.3 Å². The van der Waals surface area contributed by atoms with Gasteiger partial charge in [0.05, 0.1) is 11.4 Å². The summed E-state index contributed by atoms with van der Waals surface area (Å²) in [6.07, 6.45) is 3.44. The molecule has 158 valence electrons. The van der Waals surface area contributed by atoms with Crippen molar-refractivity contribution < 1.29 is 14.6 Å². The molecule has 0 spiro atoms. The van der Waals surface area contributed by atoms with Crippen molar-refractivity contribution in [3.63, 3.8) is 0 Å². The Balaban J connectivity index is 1.41. The number of hydrogen-bond donors (Lipinski definition) is 1. The van der Waals surface area contributed by atoms with Crippen LogP contribution in [0, 0.1) is 0 Å². The van der Waals surface area contributed by atoms with E-state index < -0.39 is 6.10 Å². The first-order valence-electron chi connectivity index (χ1n) is 9.88. The van der Waals surface area contributed by atoms with Crippen molar-refractivity contribution in [2.24, 2.45) is 0 Å². The molecule has 0 aliphatic carbocycles. The second-order valence-electron chi connectivity index (χ2n) is 7.16. The number of β-amino-alcohol motifs (C(OH)–C–C–N with tert-alkyl or cyclic N) is 1. The third kappa shape index (κ3) is 6.73. The predicted octanol–water partition coefficient (Wildman–Crippen LogP) is 4.00. The van der Waals surface area contributed by atoms with Crippen molar-refractivity contribution in [3.8, 4) is 11.5 Å². The molecule has 2 heterocycles. The smallest absolute Gasteiger partial charge is 0.161 e. The zero-order valence-corrected chi connectivity index (χ0v) is 18.6. The van der Waals surface area contributed by atoms with Crippen LogP contribution in [0.25, 0.3) is 6.08 Å². The highest BCUT2D eigenvalue weighted by Gasteiger charge is 2.20. The molecule has 1 N–H and O–H groups in total. The summed E-state index contributed by atoms with van der Waals surface area (Å²) >= 11 is 7.66. The summed E-state index contributed by atoms with van der Waals surface area (Å²) in [7, 11) is 1.63. The molecule has 1 aromatic carbocycles. The zero-order chi connectivity index (χ0) is 20.6. The number of nitrogens with zero attached hydrogens (tertiary/aromatic N) is 2. The third-order valence-corrected chi connectivity index (χ3v) is 6.14. The lowest BCUT2D eigenvalue weighted by atomic mass is 10.2. The van der Waals surface area contributed by atoms with E-state index in [2.05, 4.69) is 15.9 Å². The molecular formula is C22H29ClN2O3S. The number of ether oxygens (including phenoxy) is 2. The number of halogens is 1. The Labute approximate surface area is 182 Å². The fourth-order valence-corrected chi connectivity index (χ4v) is 4.55. The number of thiophene rings is 1. The molecule has 1 aliphatic rings. The molecule has 1 atom stereocenters. The van der Waals surface area contributed by atoms with Gasteiger partial charge in [-0.2, -0.15) is 0 Å². The number of hydrogen-bond acceptors (Lipinski definition) is 6. The van der Waals surface area contributed by atoms with Crippen LogP contribution < -0.4 is 9.47 Å². The van der Waals surface area contributed by atoms with Crippen LogP contribution in [0.2, 0.25) is 4.34 Å². The standard InChI is InChI=1S/C22H29ClN2O3S/c1-3-4-17-5-7-20(21(13-17)27-2)28-16-18(26)14-24-9-11-25(12-10-24)15-19-6-8-22(23)29-19/h3-8,13,18,26H,9-12,14-16H2,1-2H3/b4-3+. The molecular weight excluding hydrogens is 408 g/mol. The SMILES string of the molecule is C/C=C/c1ccc(OCC(O)CN2CCN(Cc3ccc(Cl)s3)CC2)c(OC)c1. The maximum atomic E-state index is 10.4. The van der Waals surface area contributed by atoms with E-state index in [4.69, 9.17) is 21.1 Å². The van der Waals surface area contributed by atoms with Gasteiger partial charge >= 0.3 is 0 Å². The summed E-state index contributed by atoms with van der Waals surface area (Å²) in [5.74, 6) is 1.33. The Morgan fingerprint density at radius 3 is 2.55 bits per heavy atom. The molecule has 7 heteroatoms. The fourth-order valence-electron chi connectivity index (χ4n) is 3.42. The summed E-state index contributed by atoms with van der Waals surface area (Å²) in [5.41, 5.74) is 1.06. The molecule has 0 radical (unpaired) electrons. The van der Waals surface area contributed by atoms with E-state index in [0.29, 0.717) is 18.0 Å². The lowest BCUT2D eigenvalue weighted by molar-refractivity contribution is 0.0442. The van der Waals surface area contributed by atoms with E-state index in [1.165, 1.54) is 4.88 Å². The van der Waals surface area contributed by atoms with Crippen LogP contribution in [0.5, 0.6) is 11.5 Å². The average molecular weight is 437 g/mol. The van der Waals surface area contributed by atoms with Gasteiger partial charge in [0.1, 0.15) is 12.7 Å². The van der Waals surface area contributed by atoms with E-state index in [-0.39, 0.29) is 6.61 Å². The summed E-state index contributed by atoms with van der Waals surface area (Å²) in [6.45, 7) is 7.64. The first kappa shape index (κ1) is 22.1. The number of allylic oxidation sites excluding steroid dienone is 1. The summed E-state index contributed by atoms with van der Waals surface area (Å²) in [4.78, 5) is 6.02. The fraction of sp³-hybridized carbons (Fsp3) is 0.455. The molecule has 1 unspecified atom stereocenters. The summed E-state index contributed by atoms with van der Waals surface area (Å²) in [5, 5.41) is 10.4. The maximum Gasteiger partial charge on any atom is 0.161 e. The van der Waals surface area contributed by atoms with Gasteiger partial charge < -0.3 is 14.6 Å². The Morgan fingerprint density at radius 2 is 1.90 bits per heavy atom. The maximum absolute atomic E-state index is 10.4. The van der Waals surface area contributed by atoms with Gasteiger partial charge in [0.25, 0.3) is 0 Å². The zero-order valence-electron chi connectivity index (χ0n) is 17.0. The van der Waals surface area contributed by atoms with Crippen LogP contribution >= 0.6 is 22.9 Å². The van der Waals surface area contributed by atoms with Crippen LogP contribution in [-0.2, 0) is 6.54 Å². The first-order chi connectivity index (χ1) is 14.1. The third-order valence-electron chi connectivity index (χ3n) is 4.92. The number of aliphatic hydroxyl groups excluding tert-OH is 1. The van der Waals surface area contributed by atoms with Gasteiger partial charge in [0, 0.05) is 44.1 Å². The molecule has 1 saturated heterocycles. The van der Waals surface area contributed by atoms with Gasteiger partial charge in [-0.1, -0.05) is 29.8 Å². The number of methoxy groups -OCH3 is 1. The minimum Gasteiger partial charge on any atom is -0.493 e. The second kappa shape index (κ2) is 11.0. The normalized spacial score (nSPS) is 17.0. The highest BCUT2D eigenvalue weighted by atomic mass is 35.5.